The molecule has 6 heteroatoms. The fourth-order valence-electron chi connectivity index (χ4n) is 4.17. The Morgan fingerprint density at radius 2 is 1.29 bits per heavy atom. The topological polar surface area (TPSA) is 54.0 Å². The standard InChI is InChI=1S/C29H32O5S/c1-3-25-26(31-19-22-13-7-4-8-14-22)27(33-21(2)30)28(32-20-23-15-9-5-10-16-23)29(34-25)35-24-17-11-6-12-18-24/h4-18,25-29H,3,19-20H2,1-2H3/t25?,26-,27-,28?,29-/m0/s1. The minimum atomic E-state index is -0.611. The predicted octanol–water partition coefficient (Wildman–Crippen LogP) is 6.02. The number of benzene rings is 3. The van der Waals surface area contributed by atoms with E-state index in [1.165, 1.54) is 6.92 Å². The van der Waals surface area contributed by atoms with Crippen LogP contribution in [0, 0.1) is 0 Å². The van der Waals surface area contributed by atoms with Gasteiger partial charge in [-0.3, -0.25) is 4.79 Å². The lowest BCUT2D eigenvalue weighted by Crippen LogP contribution is -2.59. The van der Waals surface area contributed by atoms with E-state index in [1.54, 1.807) is 11.8 Å². The van der Waals surface area contributed by atoms with E-state index < -0.39 is 18.3 Å². The summed E-state index contributed by atoms with van der Waals surface area (Å²) in [6.07, 6.45) is -1.12. The van der Waals surface area contributed by atoms with Gasteiger partial charge in [0.2, 0.25) is 0 Å². The predicted molar refractivity (Wildman–Crippen MR) is 137 cm³/mol. The Labute approximate surface area is 211 Å². The van der Waals surface area contributed by atoms with E-state index in [0.29, 0.717) is 19.6 Å². The first-order chi connectivity index (χ1) is 17.1. The molecule has 1 saturated heterocycles. The van der Waals surface area contributed by atoms with E-state index in [4.69, 9.17) is 18.9 Å². The monoisotopic (exact) mass is 492 g/mol. The van der Waals surface area contributed by atoms with Crippen LogP contribution in [0.15, 0.2) is 95.9 Å². The number of hydrogen-bond donors (Lipinski definition) is 0. The van der Waals surface area contributed by atoms with Crippen molar-refractivity contribution in [1.29, 1.82) is 0 Å². The Hall–Kier alpha value is -2.64. The molecular formula is C29H32O5S. The van der Waals surface area contributed by atoms with E-state index in [2.05, 4.69) is 6.92 Å². The highest BCUT2D eigenvalue weighted by Gasteiger charge is 2.49. The second-order valence-corrected chi connectivity index (χ2v) is 9.65. The number of carbonyl (C=O) groups is 1. The summed E-state index contributed by atoms with van der Waals surface area (Å²) in [5, 5.41) is 0. The van der Waals surface area contributed by atoms with Crippen LogP contribution < -0.4 is 0 Å². The molecule has 1 aliphatic heterocycles. The quantitative estimate of drug-likeness (QED) is 0.323. The van der Waals surface area contributed by atoms with Gasteiger partial charge in [0, 0.05) is 11.8 Å². The molecule has 2 unspecified atom stereocenters. The van der Waals surface area contributed by atoms with E-state index in [9.17, 15) is 4.79 Å². The van der Waals surface area contributed by atoms with Gasteiger partial charge in [0.25, 0.3) is 0 Å². The Morgan fingerprint density at radius 1 is 0.771 bits per heavy atom. The lowest BCUT2D eigenvalue weighted by molar-refractivity contribution is -0.240. The number of ether oxygens (including phenoxy) is 4. The molecule has 184 valence electrons. The Kier molecular flexibility index (Phi) is 9.37. The minimum Gasteiger partial charge on any atom is -0.457 e. The van der Waals surface area contributed by atoms with Gasteiger partial charge in [-0.2, -0.15) is 0 Å². The molecule has 1 heterocycles. The van der Waals surface area contributed by atoms with Crippen LogP contribution in [-0.2, 0) is 37.0 Å². The molecule has 0 amide bonds. The zero-order valence-corrected chi connectivity index (χ0v) is 20.9. The second-order valence-electron chi connectivity index (χ2n) is 8.48. The van der Waals surface area contributed by atoms with Crippen LogP contribution in [0.25, 0.3) is 0 Å². The van der Waals surface area contributed by atoms with Crippen molar-refractivity contribution in [3.05, 3.63) is 102 Å². The van der Waals surface area contributed by atoms with E-state index >= 15 is 0 Å². The van der Waals surface area contributed by atoms with Crippen LogP contribution in [0.4, 0.5) is 0 Å². The highest BCUT2D eigenvalue weighted by Crippen LogP contribution is 2.38. The zero-order chi connectivity index (χ0) is 24.5. The highest BCUT2D eigenvalue weighted by atomic mass is 32.2. The first kappa shape index (κ1) is 25.5. The average Bonchev–Trinajstić information content (AvgIpc) is 2.89. The van der Waals surface area contributed by atoms with Crippen molar-refractivity contribution in [3.8, 4) is 0 Å². The van der Waals surface area contributed by atoms with Crippen molar-refractivity contribution in [2.45, 2.75) is 68.2 Å². The molecule has 35 heavy (non-hydrogen) atoms. The number of esters is 1. The molecule has 4 rings (SSSR count). The summed E-state index contributed by atoms with van der Waals surface area (Å²) in [5.41, 5.74) is 1.72. The molecule has 5 nitrogen and oxygen atoms in total. The summed E-state index contributed by atoms with van der Waals surface area (Å²) < 4.78 is 25.3. The minimum absolute atomic E-state index is 0.249. The smallest absolute Gasteiger partial charge is 0.303 e. The van der Waals surface area contributed by atoms with Crippen LogP contribution >= 0.6 is 11.8 Å². The molecule has 0 radical (unpaired) electrons. The maximum absolute atomic E-state index is 12.2. The molecular weight excluding hydrogens is 460 g/mol. The van der Waals surface area contributed by atoms with Gasteiger partial charge in [-0.15, -0.1) is 0 Å². The summed E-state index contributed by atoms with van der Waals surface area (Å²) in [6.45, 7) is 4.26. The third-order valence-corrected chi connectivity index (χ3v) is 7.02. The molecule has 0 saturated carbocycles. The first-order valence-corrected chi connectivity index (χ1v) is 12.9. The molecule has 0 N–H and O–H groups in total. The lowest BCUT2D eigenvalue weighted by Gasteiger charge is -2.45. The molecule has 1 aliphatic rings. The van der Waals surface area contributed by atoms with Crippen LogP contribution in [-0.4, -0.2) is 35.8 Å². The van der Waals surface area contributed by atoms with Crippen LogP contribution in [0.5, 0.6) is 0 Å². The van der Waals surface area contributed by atoms with E-state index in [-0.39, 0.29) is 17.5 Å². The number of rotatable bonds is 10. The lowest BCUT2D eigenvalue weighted by atomic mass is 9.97. The molecule has 5 atom stereocenters. The van der Waals surface area contributed by atoms with Gasteiger partial charge in [-0.1, -0.05) is 97.5 Å². The fraction of sp³-hybridized carbons (Fsp3) is 0.345. The number of hydrogen-bond acceptors (Lipinski definition) is 6. The number of thioether (sulfide) groups is 1. The van der Waals surface area contributed by atoms with Gasteiger partial charge in [-0.25, -0.2) is 0 Å². The Morgan fingerprint density at radius 3 is 1.80 bits per heavy atom. The molecule has 1 fully saturated rings. The maximum atomic E-state index is 12.2. The van der Waals surface area contributed by atoms with E-state index in [1.807, 2.05) is 91.0 Å². The van der Waals surface area contributed by atoms with Crippen LogP contribution in [0.2, 0.25) is 0 Å². The average molecular weight is 493 g/mol. The van der Waals surface area contributed by atoms with Gasteiger partial charge in [0.05, 0.1) is 19.3 Å². The summed E-state index contributed by atoms with van der Waals surface area (Å²) in [4.78, 5) is 13.3. The third kappa shape index (κ3) is 7.18. The summed E-state index contributed by atoms with van der Waals surface area (Å²) in [5.74, 6) is -0.364. The molecule has 3 aromatic carbocycles. The fourth-order valence-corrected chi connectivity index (χ4v) is 5.32. The van der Waals surface area contributed by atoms with Gasteiger partial charge < -0.3 is 18.9 Å². The van der Waals surface area contributed by atoms with Crippen molar-refractivity contribution >= 4 is 17.7 Å². The Bertz CT molecular complexity index is 1030. The first-order valence-electron chi connectivity index (χ1n) is 12.0. The molecule has 0 aromatic heterocycles. The molecule has 0 aliphatic carbocycles. The molecule has 0 spiro atoms. The number of carbonyl (C=O) groups excluding carboxylic acids is 1. The normalized spacial score (nSPS) is 24.1. The largest absolute Gasteiger partial charge is 0.457 e. The second kappa shape index (κ2) is 12.9. The van der Waals surface area contributed by atoms with Crippen LogP contribution in [0.3, 0.4) is 0 Å². The van der Waals surface area contributed by atoms with E-state index in [0.717, 1.165) is 16.0 Å². The Balaban J connectivity index is 1.61. The zero-order valence-electron chi connectivity index (χ0n) is 20.1. The highest BCUT2D eigenvalue weighted by molar-refractivity contribution is 7.99. The van der Waals surface area contributed by atoms with Gasteiger partial charge in [0.15, 0.2) is 6.10 Å². The third-order valence-electron chi connectivity index (χ3n) is 5.86. The van der Waals surface area contributed by atoms with Crippen molar-refractivity contribution in [3.63, 3.8) is 0 Å². The van der Waals surface area contributed by atoms with Crippen molar-refractivity contribution in [1.82, 2.24) is 0 Å². The summed E-state index contributed by atoms with van der Waals surface area (Å²) >= 11 is 1.58. The summed E-state index contributed by atoms with van der Waals surface area (Å²) in [6, 6.07) is 30.0. The van der Waals surface area contributed by atoms with Gasteiger partial charge >= 0.3 is 5.97 Å². The van der Waals surface area contributed by atoms with Crippen molar-refractivity contribution in [2.24, 2.45) is 0 Å². The molecule has 0 bridgehead atoms. The SMILES string of the molecule is CCC1O[C@@H](Sc2ccccc2)C(OCc2ccccc2)[C@@H](OC(C)=O)[C@H]1OCc1ccccc1. The molecule has 3 aromatic rings. The maximum Gasteiger partial charge on any atom is 0.303 e. The van der Waals surface area contributed by atoms with Crippen molar-refractivity contribution < 1.29 is 23.7 Å². The van der Waals surface area contributed by atoms with Crippen LogP contribution in [0.1, 0.15) is 31.4 Å². The van der Waals surface area contributed by atoms with Gasteiger partial charge in [-0.05, 0) is 29.7 Å². The van der Waals surface area contributed by atoms with Crippen molar-refractivity contribution in [2.75, 3.05) is 0 Å². The van der Waals surface area contributed by atoms with Gasteiger partial charge in [0.1, 0.15) is 17.6 Å². The summed E-state index contributed by atoms with van der Waals surface area (Å²) in [7, 11) is 0.